The van der Waals surface area contributed by atoms with Crippen LogP contribution >= 0.6 is 27.5 Å². The first-order chi connectivity index (χ1) is 15.8. The monoisotopic (exact) mass is 523 g/mol. The zero-order valence-electron chi connectivity index (χ0n) is 18.3. The van der Waals surface area contributed by atoms with Gasteiger partial charge in [0.15, 0.2) is 0 Å². The minimum atomic E-state index is -0.436. The van der Waals surface area contributed by atoms with Crippen molar-refractivity contribution in [2.75, 3.05) is 18.0 Å². The van der Waals surface area contributed by atoms with Gasteiger partial charge in [-0.3, -0.25) is 14.6 Å². The summed E-state index contributed by atoms with van der Waals surface area (Å²) >= 11 is 9.49. The van der Waals surface area contributed by atoms with E-state index >= 15 is 0 Å². The van der Waals surface area contributed by atoms with Gasteiger partial charge in [-0.2, -0.15) is 5.10 Å². The Hall–Kier alpha value is -2.96. The highest BCUT2D eigenvalue weighted by Crippen LogP contribution is 2.35. The number of rotatable bonds is 5. The van der Waals surface area contributed by atoms with Crippen LogP contribution in [0.3, 0.4) is 0 Å². The molecule has 0 spiro atoms. The lowest BCUT2D eigenvalue weighted by Gasteiger charge is -2.28. The van der Waals surface area contributed by atoms with Crippen molar-refractivity contribution in [3.63, 3.8) is 0 Å². The lowest BCUT2D eigenvalue weighted by Crippen LogP contribution is -2.43. The summed E-state index contributed by atoms with van der Waals surface area (Å²) in [6.45, 7) is 4.00. The van der Waals surface area contributed by atoms with Crippen molar-refractivity contribution in [3.8, 4) is 0 Å². The zero-order valence-corrected chi connectivity index (χ0v) is 20.7. The van der Waals surface area contributed by atoms with Gasteiger partial charge in [0.1, 0.15) is 6.54 Å². The first-order valence-corrected chi connectivity index (χ1v) is 11.7. The van der Waals surface area contributed by atoms with E-state index in [1.807, 2.05) is 42.5 Å². The predicted molar refractivity (Wildman–Crippen MR) is 136 cm³/mol. The molecule has 0 radical (unpaired) electrons. The SMILES string of the molecule is CC(=O)N(C(=O)CN1CC(C)(c2ccccc2)C(c2ccc(Cl)cc2)=N1)c1ccc(Br)cc1. The average molecular weight is 525 g/mol. The number of imide groups is 1. The summed E-state index contributed by atoms with van der Waals surface area (Å²) in [5.74, 6) is -0.671. The molecule has 168 valence electrons. The van der Waals surface area contributed by atoms with Gasteiger partial charge in [-0.05, 0) is 54.4 Å². The fourth-order valence-corrected chi connectivity index (χ4v) is 4.55. The number of hydrogen-bond donors (Lipinski definition) is 0. The number of halogens is 2. The second-order valence-electron chi connectivity index (χ2n) is 8.20. The Morgan fingerprint density at radius 2 is 1.67 bits per heavy atom. The summed E-state index contributed by atoms with van der Waals surface area (Å²) in [6, 6.07) is 24.8. The molecule has 0 bridgehead atoms. The predicted octanol–water partition coefficient (Wildman–Crippen LogP) is 5.66. The van der Waals surface area contributed by atoms with Crippen molar-refractivity contribution in [2.24, 2.45) is 5.10 Å². The molecule has 0 fully saturated rings. The van der Waals surface area contributed by atoms with Crippen molar-refractivity contribution in [3.05, 3.63) is 99.5 Å². The van der Waals surface area contributed by atoms with E-state index in [0.717, 1.165) is 21.3 Å². The van der Waals surface area contributed by atoms with Crippen LogP contribution in [0.2, 0.25) is 5.02 Å². The van der Waals surface area contributed by atoms with Gasteiger partial charge in [0.2, 0.25) is 5.91 Å². The number of amides is 2. The number of carbonyl (C=O) groups excluding carboxylic acids is 2. The molecule has 5 nitrogen and oxygen atoms in total. The second kappa shape index (κ2) is 9.49. The number of hydrazone groups is 1. The maximum atomic E-state index is 13.2. The Morgan fingerprint density at radius 1 is 1.03 bits per heavy atom. The summed E-state index contributed by atoms with van der Waals surface area (Å²) in [4.78, 5) is 26.8. The van der Waals surface area contributed by atoms with Crippen LogP contribution in [0.15, 0.2) is 88.4 Å². The van der Waals surface area contributed by atoms with Gasteiger partial charge < -0.3 is 0 Å². The van der Waals surface area contributed by atoms with Crippen molar-refractivity contribution in [2.45, 2.75) is 19.3 Å². The van der Waals surface area contributed by atoms with Crippen LogP contribution in [0.25, 0.3) is 0 Å². The lowest BCUT2D eigenvalue weighted by atomic mass is 9.76. The number of carbonyl (C=O) groups is 2. The van der Waals surface area contributed by atoms with E-state index < -0.39 is 5.41 Å². The molecule has 0 saturated heterocycles. The van der Waals surface area contributed by atoms with Gasteiger partial charge >= 0.3 is 0 Å². The quantitative estimate of drug-likeness (QED) is 0.433. The van der Waals surface area contributed by atoms with Crippen molar-refractivity contribution < 1.29 is 9.59 Å². The molecule has 3 aromatic rings. The zero-order chi connectivity index (χ0) is 23.6. The van der Waals surface area contributed by atoms with Gasteiger partial charge in [0, 0.05) is 16.4 Å². The Bertz CT molecular complexity index is 1200. The van der Waals surface area contributed by atoms with E-state index in [9.17, 15) is 9.59 Å². The van der Waals surface area contributed by atoms with Crippen LogP contribution in [-0.2, 0) is 15.0 Å². The fraction of sp³-hybridized carbons (Fsp3) is 0.192. The molecular formula is C26H23BrClN3O2. The third-order valence-corrected chi connectivity index (χ3v) is 6.54. The molecule has 1 heterocycles. The molecule has 4 rings (SSSR count). The van der Waals surface area contributed by atoms with Gasteiger partial charge in [-0.25, -0.2) is 4.90 Å². The molecule has 1 aliphatic heterocycles. The van der Waals surface area contributed by atoms with Crippen LogP contribution in [0.4, 0.5) is 5.69 Å². The van der Waals surface area contributed by atoms with Crippen molar-refractivity contribution in [1.82, 2.24) is 5.01 Å². The summed E-state index contributed by atoms with van der Waals surface area (Å²) in [7, 11) is 0. The van der Waals surface area contributed by atoms with E-state index in [1.54, 1.807) is 29.3 Å². The molecule has 33 heavy (non-hydrogen) atoms. The molecule has 3 aromatic carbocycles. The second-order valence-corrected chi connectivity index (χ2v) is 9.55. The third-order valence-electron chi connectivity index (χ3n) is 5.76. The summed E-state index contributed by atoms with van der Waals surface area (Å²) in [5.41, 5.74) is 2.99. The normalized spacial score (nSPS) is 17.6. The summed E-state index contributed by atoms with van der Waals surface area (Å²) < 4.78 is 0.873. The van der Waals surface area contributed by atoms with E-state index in [4.69, 9.17) is 16.7 Å². The number of nitrogens with zero attached hydrogens (tertiary/aromatic N) is 3. The number of hydrogen-bond acceptors (Lipinski definition) is 4. The summed E-state index contributed by atoms with van der Waals surface area (Å²) in [5, 5.41) is 7.24. The fourth-order valence-electron chi connectivity index (χ4n) is 4.15. The van der Waals surface area contributed by atoms with E-state index in [-0.39, 0.29) is 18.4 Å². The molecule has 7 heteroatoms. The van der Waals surface area contributed by atoms with Crippen molar-refractivity contribution in [1.29, 1.82) is 0 Å². The molecule has 0 aromatic heterocycles. The molecule has 2 amide bonds. The third kappa shape index (κ3) is 4.87. The Labute approximate surface area is 206 Å². The summed E-state index contributed by atoms with van der Waals surface area (Å²) in [6.07, 6.45) is 0. The van der Waals surface area contributed by atoms with Gasteiger partial charge in [-0.15, -0.1) is 0 Å². The van der Waals surface area contributed by atoms with Crippen LogP contribution in [0.1, 0.15) is 25.0 Å². The topological polar surface area (TPSA) is 53.0 Å². The van der Waals surface area contributed by atoms with Crippen LogP contribution in [-0.4, -0.2) is 35.6 Å². The van der Waals surface area contributed by atoms with Crippen LogP contribution < -0.4 is 4.90 Å². The van der Waals surface area contributed by atoms with E-state index in [2.05, 4.69) is 35.0 Å². The highest BCUT2D eigenvalue weighted by atomic mass is 79.9. The number of benzene rings is 3. The van der Waals surface area contributed by atoms with Gasteiger partial charge in [-0.1, -0.05) is 70.0 Å². The average Bonchev–Trinajstić information content (AvgIpc) is 3.13. The molecule has 0 N–H and O–H groups in total. The minimum Gasteiger partial charge on any atom is -0.286 e. The molecule has 0 saturated carbocycles. The Kier molecular flexibility index (Phi) is 6.68. The van der Waals surface area contributed by atoms with Crippen LogP contribution in [0.5, 0.6) is 0 Å². The minimum absolute atomic E-state index is 0.0187. The molecule has 1 atom stereocenters. The van der Waals surface area contributed by atoms with E-state index in [1.165, 1.54) is 11.8 Å². The Balaban J connectivity index is 1.66. The van der Waals surface area contributed by atoms with Gasteiger partial charge in [0.25, 0.3) is 5.91 Å². The molecule has 1 aliphatic rings. The van der Waals surface area contributed by atoms with Crippen molar-refractivity contribution >= 4 is 50.7 Å². The Morgan fingerprint density at radius 3 is 2.27 bits per heavy atom. The maximum absolute atomic E-state index is 13.2. The van der Waals surface area contributed by atoms with E-state index in [0.29, 0.717) is 17.3 Å². The standard InChI is InChI=1S/C26H23BrClN3O2/c1-18(32)31(23-14-10-21(27)11-15-23)24(33)16-30-17-26(2,20-6-4-3-5-7-20)25(29-30)19-8-12-22(28)13-9-19/h3-15H,16-17H2,1-2H3. The lowest BCUT2D eigenvalue weighted by molar-refractivity contribution is -0.126. The largest absolute Gasteiger partial charge is 0.286 e. The highest BCUT2D eigenvalue weighted by Gasteiger charge is 2.41. The first kappa shape index (κ1) is 23.2. The number of anilines is 1. The molecular weight excluding hydrogens is 502 g/mol. The maximum Gasteiger partial charge on any atom is 0.255 e. The van der Waals surface area contributed by atoms with Gasteiger partial charge in [0.05, 0.1) is 23.4 Å². The molecule has 1 unspecified atom stereocenters. The molecule has 0 aliphatic carbocycles. The first-order valence-electron chi connectivity index (χ1n) is 10.5. The highest BCUT2D eigenvalue weighted by molar-refractivity contribution is 9.10. The van der Waals surface area contributed by atoms with Crippen LogP contribution in [0, 0.1) is 0 Å². The smallest absolute Gasteiger partial charge is 0.255 e.